The van der Waals surface area contributed by atoms with E-state index in [1.807, 2.05) is 12.1 Å². The van der Waals surface area contributed by atoms with Crippen molar-refractivity contribution in [3.63, 3.8) is 0 Å². The quantitative estimate of drug-likeness (QED) is 0.827. The first-order chi connectivity index (χ1) is 6.79. The highest BCUT2D eigenvalue weighted by atomic mass is 79.9. The van der Waals surface area contributed by atoms with Gasteiger partial charge in [0.05, 0.1) is 12.2 Å². The summed E-state index contributed by atoms with van der Waals surface area (Å²) in [5.41, 5.74) is 0.642. The molecule has 1 aliphatic carbocycles. The summed E-state index contributed by atoms with van der Waals surface area (Å²) in [6.07, 6.45) is 2.58. The predicted molar refractivity (Wildman–Crippen MR) is 57.1 cm³/mol. The normalized spacial score (nSPS) is 14.9. The van der Waals surface area contributed by atoms with Crippen molar-refractivity contribution in [2.24, 2.45) is 5.92 Å². The van der Waals surface area contributed by atoms with Crippen LogP contribution in [0, 0.1) is 17.2 Å². The van der Waals surface area contributed by atoms with Crippen LogP contribution in [0.25, 0.3) is 0 Å². The summed E-state index contributed by atoms with van der Waals surface area (Å²) < 4.78 is 6.37. The zero-order valence-electron chi connectivity index (χ0n) is 7.66. The van der Waals surface area contributed by atoms with E-state index < -0.39 is 0 Å². The van der Waals surface area contributed by atoms with Crippen molar-refractivity contribution in [3.8, 4) is 11.8 Å². The minimum Gasteiger partial charge on any atom is -0.493 e. The van der Waals surface area contributed by atoms with Crippen LogP contribution in [0.1, 0.15) is 18.4 Å². The van der Waals surface area contributed by atoms with Crippen LogP contribution in [-0.4, -0.2) is 6.61 Å². The standard InChI is InChI=1S/C11H10BrNO/c12-11-5-10(4-3-9(11)6-13)14-7-8-1-2-8/h3-5,8H,1-2,7H2. The molecule has 1 aromatic rings. The van der Waals surface area contributed by atoms with Gasteiger partial charge in [-0.05, 0) is 52.9 Å². The third-order valence-corrected chi connectivity index (χ3v) is 2.90. The number of hydrogen-bond donors (Lipinski definition) is 0. The summed E-state index contributed by atoms with van der Waals surface area (Å²) in [5.74, 6) is 1.59. The van der Waals surface area contributed by atoms with E-state index in [1.165, 1.54) is 12.8 Å². The minimum absolute atomic E-state index is 0.642. The maximum Gasteiger partial charge on any atom is 0.120 e. The first-order valence-electron chi connectivity index (χ1n) is 4.62. The van der Waals surface area contributed by atoms with Crippen LogP contribution in [0.3, 0.4) is 0 Å². The molecule has 0 bridgehead atoms. The highest BCUT2D eigenvalue weighted by Gasteiger charge is 2.21. The fourth-order valence-corrected chi connectivity index (χ4v) is 1.62. The first-order valence-corrected chi connectivity index (χ1v) is 5.41. The van der Waals surface area contributed by atoms with Crippen LogP contribution < -0.4 is 4.74 Å². The third kappa shape index (κ3) is 2.27. The fraction of sp³-hybridized carbons (Fsp3) is 0.364. The Balaban J connectivity index is 2.03. The van der Waals surface area contributed by atoms with Crippen LogP contribution in [-0.2, 0) is 0 Å². The maximum atomic E-state index is 8.72. The molecule has 0 aliphatic heterocycles. The number of ether oxygens (including phenoxy) is 1. The molecule has 0 heterocycles. The van der Waals surface area contributed by atoms with Crippen LogP contribution in [0.5, 0.6) is 5.75 Å². The van der Waals surface area contributed by atoms with E-state index in [0.717, 1.165) is 22.7 Å². The Morgan fingerprint density at radius 3 is 2.86 bits per heavy atom. The molecule has 0 radical (unpaired) electrons. The Labute approximate surface area is 91.6 Å². The maximum absolute atomic E-state index is 8.72. The van der Waals surface area contributed by atoms with Crippen LogP contribution in [0.4, 0.5) is 0 Å². The number of nitriles is 1. The molecule has 0 saturated heterocycles. The van der Waals surface area contributed by atoms with Crippen molar-refractivity contribution >= 4 is 15.9 Å². The molecule has 2 nitrogen and oxygen atoms in total. The smallest absolute Gasteiger partial charge is 0.120 e. The monoisotopic (exact) mass is 251 g/mol. The minimum atomic E-state index is 0.642. The molecule has 1 saturated carbocycles. The van der Waals surface area contributed by atoms with Crippen LogP contribution >= 0.6 is 15.9 Å². The lowest BCUT2D eigenvalue weighted by Crippen LogP contribution is -1.98. The molecule has 1 aromatic carbocycles. The van der Waals surface area contributed by atoms with Gasteiger partial charge in [0.15, 0.2) is 0 Å². The number of halogens is 1. The average molecular weight is 252 g/mol. The van der Waals surface area contributed by atoms with Crippen molar-refractivity contribution in [2.75, 3.05) is 6.61 Å². The van der Waals surface area contributed by atoms with Gasteiger partial charge in [-0.1, -0.05) is 0 Å². The number of benzene rings is 1. The second-order valence-electron chi connectivity index (χ2n) is 3.51. The average Bonchev–Trinajstić information content (AvgIpc) is 2.98. The molecular formula is C11H10BrNO. The molecule has 3 heteroatoms. The zero-order chi connectivity index (χ0) is 9.97. The number of nitrogens with zero attached hydrogens (tertiary/aromatic N) is 1. The second-order valence-corrected chi connectivity index (χ2v) is 4.36. The van der Waals surface area contributed by atoms with Gasteiger partial charge < -0.3 is 4.74 Å². The van der Waals surface area contributed by atoms with Crippen molar-refractivity contribution in [2.45, 2.75) is 12.8 Å². The van der Waals surface area contributed by atoms with E-state index in [1.54, 1.807) is 6.07 Å². The molecular weight excluding hydrogens is 242 g/mol. The molecule has 1 aliphatic rings. The second kappa shape index (κ2) is 4.02. The van der Waals surface area contributed by atoms with Gasteiger partial charge in [-0.3, -0.25) is 0 Å². The van der Waals surface area contributed by atoms with Gasteiger partial charge in [-0.2, -0.15) is 5.26 Å². The third-order valence-electron chi connectivity index (χ3n) is 2.24. The Bertz CT molecular complexity index is 379. The lowest BCUT2D eigenvalue weighted by Gasteiger charge is -2.05. The molecule has 72 valence electrons. The van der Waals surface area contributed by atoms with Crippen LogP contribution in [0.15, 0.2) is 22.7 Å². The van der Waals surface area contributed by atoms with E-state index in [2.05, 4.69) is 22.0 Å². The van der Waals surface area contributed by atoms with Gasteiger partial charge in [-0.25, -0.2) is 0 Å². The summed E-state index contributed by atoms with van der Waals surface area (Å²) in [6.45, 7) is 0.804. The van der Waals surface area contributed by atoms with Crippen molar-refractivity contribution in [1.29, 1.82) is 5.26 Å². The van der Waals surface area contributed by atoms with E-state index in [-0.39, 0.29) is 0 Å². The lowest BCUT2D eigenvalue weighted by atomic mass is 10.2. The van der Waals surface area contributed by atoms with Crippen molar-refractivity contribution < 1.29 is 4.74 Å². The summed E-state index contributed by atoms with van der Waals surface area (Å²) >= 11 is 3.33. The van der Waals surface area contributed by atoms with E-state index in [9.17, 15) is 0 Å². The fourth-order valence-electron chi connectivity index (χ4n) is 1.17. The lowest BCUT2D eigenvalue weighted by molar-refractivity contribution is 0.299. The molecule has 2 rings (SSSR count). The zero-order valence-corrected chi connectivity index (χ0v) is 9.25. The van der Waals surface area contributed by atoms with Crippen LogP contribution in [0.2, 0.25) is 0 Å². The Morgan fingerprint density at radius 1 is 1.50 bits per heavy atom. The predicted octanol–water partition coefficient (Wildman–Crippen LogP) is 3.11. The molecule has 0 amide bonds. The highest BCUT2D eigenvalue weighted by Crippen LogP contribution is 2.30. The molecule has 0 unspecified atom stereocenters. The van der Waals surface area contributed by atoms with E-state index in [0.29, 0.717) is 5.56 Å². The molecule has 0 N–H and O–H groups in total. The van der Waals surface area contributed by atoms with Gasteiger partial charge in [-0.15, -0.1) is 0 Å². The Hall–Kier alpha value is -1.01. The molecule has 0 atom stereocenters. The number of hydrogen-bond acceptors (Lipinski definition) is 2. The summed E-state index contributed by atoms with van der Waals surface area (Å²) in [7, 11) is 0. The van der Waals surface area contributed by atoms with E-state index in [4.69, 9.17) is 10.00 Å². The van der Waals surface area contributed by atoms with Gasteiger partial charge in [0.2, 0.25) is 0 Å². The van der Waals surface area contributed by atoms with Gasteiger partial charge in [0.25, 0.3) is 0 Å². The molecule has 0 spiro atoms. The van der Waals surface area contributed by atoms with Gasteiger partial charge in [0.1, 0.15) is 11.8 Å². The van der Waals surface area contributed by atoms with E-state index >= 15 is 0 Å². The summed E-state index contributed by atoms with van der Waals surface area (Å²) in [5, 5.41) is 8.72. The summed E-state index contributed by atoms with van der Waals surface area (Å²) in [4.78, 5) is 0. The molecule has 1 fully saturated rings. The summed E-state index contributed by atoms with van der Waals surface area (Å²) in [6, 6.07) is 7.55. The Kier molecular flexibility index (Phi) is 2.74. The molecule has 0 aromatic heterocycles. The topological polar surface area (TPSA) is 33.0 Å². The Morgan fingerprint density at radius 2 is 2.29 bits per heavy atom. The number of rotatable bonds is 3. The first kappa shape index (κ1) is 9.54. The SMILES string of the molecule is N#Cc1ccc(OCC2CC2)cc1Br. The molecule has 14 heavy (non-hydrogen) atoms. The largest absolute Gasteiger partial charge is 0.493 e. The highest BCUT2D eigenvalue weighted by molar-refractivity contribution is 9.10. The van der Waals surface area contributed by atoms with Gasteiger partial charge in [0, 0.05) is 4.47 Å². The van der Waals surface area contributed by atoms with Crippen molar-refractivity contribution in [3.05, 3.63) is 28.2 Å². The van der Waals surface area contributed by atoms with Gasteiger partial charge >= 0.3 is 0 Å². The van der Waals surface area contributed by atoms with Crippen molar-refractivity contribution in [1.82, 2.24) is 0 Å².